The SMILES string of the molecule is CCc1ccc(-c2cc(O)cc(C(F)(F)F)c2)cc1. The Balaban J connectivity index is 2.46. The Labute approximate surface area is 109 Å². The first kappa shape index (κ1) is 13.5. The quantitative estimate of drug-likeness (QED) is 0.839. The van der Waals surface area contributed by atoms with Crippen LogP contribution in [-0.4, -0.2) is 5.11 Å². The third-order valence-electron chi connectivity index (χ3n) is 2.94. The zero-order valence-electron chi connectivity index (χ0n) is 10.3. The Morgan fingerprint density at radius 3 is 2.11 bits per heavy atom. The molecule has 0 aliphatic heterocycles. The zero-order chi connectivity index (χ0) is 14.0. The molecule has 2 aromatic rings. The molecular weight excluding hydrogens is 253 g/mol. The van der Waals surface area contributed by atoms with Crippen molar-refractivity contribution in [1.82, 2.24) is 0 Å². The Morgan fingerprint density at radius 1 is 0.947 bits per heavy atom. The van der Waals surface area contributed by atoms with E-state index in [0.29, 0.717) is 11.1 Å². The van der Waals surface area contributed by atoms with Crippen LogP contribution in [0.15, 0.2) is 42.5 Å². The Morgan fingerprint density at radius 2 is 1.58 bits per heavy atom. The van der Waals surface area contributed by atoms with Crippen LogP contribution < -0.4 is 0 Å². The van der Waals surface area contributed by atoms with Crippen LogP contribution in [0.5, 0.6) is 5.75 Å². The summed E-state index contributed by atoms with van der Waals surface area (Å²) in [6.45, 7) is 2.01. The van der Waals surface area contributed by atoms with Crippen LogP contribution in [0, 0.1) is 0 Å². The van der Waals surface area contributed by atoms with E-state index < -0.39 is 11.7 Å². The molecule has 1 nitrogen and oxygen atoms in total. The minimum absolute atomic E-state index is 0.356. The maximum Gasteiger partial charge on any atom is 0.416 e. The first-order valence-corrected chi connectivity index (χ1v) is 5.90. The lowest BCUT2D eigenvalue weighted by Gasteiger charge is -2.10. The van der Waals surface area contributed by atoms with Gasteiger partial charge in [-0.2, -0.15) is 13.2 Å². The molecule has 19 heavy (non-hydrogen) atoms. The largest absolute Gasteiger partial charge is 0.508 e. The van der Waals surface area contributed by atoms with Crippen molar-refractivity contribution in [3.63, 3.8) is 0 Å². The molecule has 0 unspecified atom stereocenters. The maximum absolute atomic E-state index is 12.7. The van der Waals surface area contributed by atoms with Gasteiger partial charge >= 0.3 is 6.18 Å². The van der Waals surface area contributed by atoms with Gasteiger partial charge in [0.1, 0.15) is 5.75 Å². The van der Waals surface area contributed by atoms with Gasteiger partial charge in [0.25, 0.3) is 0 Å². The van der Waals surface area contributed by atoms with Gasteiger partial charge in [-0.15, -0.1) is 0 Å². The molecule has 0 radical (unpaired) electrons. The van der Waals surface area contributed by atoms with Gasteiger partial charge in [0.05, 0.1) is 5.56 Å². The minimum atomic E-state index is -4.46. The Bertz CT molecular complexity index is 571. The van der Waals surface area contributed by atoms with Crippen LogP contribution in [0.1, 0.15) is 18.1 Å². The molecule has 0 heterocycles. The van der Waals surface area contributed by atoms with Gasteiger partial charge in [-0.1, -0.05) is 31.2 Å². The number of aryl methyl sites for hydroxylation is 1. The summed E-state index contributed by atoms with van der Waals surface area (Å²) in [4.78, 5) is 0. The molecule has 2 aromatic carbocycles. The van der Waals surface area contributed by atoms with E-state index in [4.69, 9.17) is 0 Å². The van der Waals surface area contributed by atoms with Crippen molar-refractivity contribution in [1.29, 1.82) is 0 Å². The summed E-state index contributed by atoms with van der Waals surface area (Å²) in [5.41, 5.74) is 1.27. The summed E-state index contributed by atoms with van der Waals surface area (Å²) < 4.78 is 38.0. The van der Waals surface area contributed by atoms with Gasteiger partial charge in [-0.3, -0.25) is 0 Å². The zero-order valence-corrected chi connectivity index (χ0v) is 10.3. The standard InChI is InChI=1S/C15H13F3O/c1-2-10-3-5-11(6-4-10)12-7-13(15(16,17)18)9-14(19)8-12/h3-9,19H,2H2,1H3. The summed E-state index contributed by atoms with van der Waals surface area (Å²) in [6, 6.07) is 10.3. The molecule has 2 rings (SSSR count). The molecule has 0 fully saturated rings. The molecule has 4 heteroatoms. The number of phenols is 1. The average Bonchev–Trinajstić information content (AvgIpc) is 2.37. The van der Waals surface area contributed by atoms with E-state index in [1.165, 1.54) is 6.07 Å². The highest BCUT2D eigenvalue weighted by Crippen LogP contribution is 2.35. The molecule has 1 N–H and O–H groups in total. The van der Waals surface area contributed by atoms with Crippen molar-refractivity contribution in [2.45, 2.75) is 19.5 Å². The maximum atomic E-state index is 12.7. The van der Waals surface area contributed by atoms with E-state index in [9.17, 15) is 18.3 Å². The van der Waals surface area contributed by atoms with E-state index in [1.807, 2.05) is 19.1 Å². The van der Waals surface area contributed by atoms with Crippen LogP contribution in [0.2, 0.25) is 0 Å². The van der Waals surface area contributed by atoms with Crippen molar-refractivity contribution in [3.8, 4) is 16.9 Å². The van der Waals surface area contributed by atoms with Crippen LogP contribution in [0.25, 0.3) is 11.1 Å². The predicted molar refractivity (Wildman–Crippen MR) is 67.9 cm³/mol. The molecule has 0 aliphatic rings. The smallest absolute Gasteiger partial charge is 0.416 e. The van der Waals surface area contributed by atoms with E-state index in [0.717, 1.165) is 24.1 Å². The van der Waals surface area contributed by atoms with Crippen LogP contribution >= 0.6 is 0 Å². The number of aromatic hydroxyl groups is 1. The third-order valence-corrected chi connectivity index (χ3v) is 2.94. The molecule has 0 spiro atoms. The van der Waals surface area contributed by atoms with Crippen molar-refractivity contribution in [3.05, 3.63) is 53.6 Å². The molecule has 0 saturated heterocycles. The number of phenolic OH excluding ortho intramolecular Hbond substituents is 1. The van der Waals surface area contributed by atoms with Crippen LogP contribution in [0.4, 0.5) is 13.2 Å². The summed E-state index contributed by atoms with van der Waals surface area (Å²) in [6.07, 6.45) is -3.59. The molecule has 0 aliphatic carbocycles. The summed E-state index contributed by atoms with van der Waals surface area (Å²) in [7, 11) is 0. The van der Waals surface area contributed by atoms with Gasteiger partial charge in [0.15, 0.2) is 0 Å². The lowest BCUT2D eigenvalue weighted by atomic mass is 10.0. The van der Waals surface area contributed by atoms with E-state index in [-0.39, 0.29) is 5.75 Å². The monoisotopic (exact) mass is 266 g/mol. The van der Waals surface area contributed by atoms with Crippen molar-refractivity contribution in [2.75, 3.05) is 0 Å². The normalized spacial score (nSPS) is 11.6. The third kappa shape index (κ3) is 3.08. The van der Waals surface area contributed by atoms with Crippen LogP contribution in [0.3, 0.4) is 0 Å². The van der Waals surface area contributed by atoms with Gasteiger partial charge in [0, 0.05) is 0 Å². The van der Waals surface area contributed by atoms with Gasteiger partial charge < -0.3 is 5.11 Å². The van der Waals surface area contributed by atoms with Crippen molar-refractivity contribution >= 4 is 0 Å². The van der Waals surface area contributed by atoms with E-state index in [2.05, 4.69) is 0 Å². The van der Waals surface area contributed by atoms with Gasteiger partial charge in [0.2, 0.25) is 0 Å². The minimum Gasteiger partial charge on any atom is -0.508 e. The lowest BCUT2D eigenvalue weighted by molar-refractivity contribution is -0.137. The fraction of sp³-hybridized carbons (Fsp3) is 0.200. The summed E-state index contributed by atoms with van der Waals surface area (Å²) in [5, 5.41) is 9.42. The number of alkyl halides is 3. The number of rotatable bonds is 2. The molecule has 0 bridgehead atoms. The van der Waals surface area contributed by atoms with Gasteiger partial charge in [-0.25, -0.2) is 0 Å². The van der Waals surface area contributed by atoms with Crippen LogP contribution in [-0.2, 0) is 12.6 Å². The molecule has 0 atom stereocenters. The molecule has 100 valence electrons. The first-order chi connectivity index (χ1) is 8.90. The summed E-state index contributed by atoms with van der Waals surface area (Å²) in [5.74, 6) is -0.385. The van der Waals surface area contributed by atoms with Crippen molar-refractivity contribution < 1.29 is 18.3 Å². The second-order valence-electron chi connectivity index (χ2n) is 4.32. The van der Waals surface area contributed by atoms with Crippen molar-refractivity contribution in [2.24, 2.45) is 0 Å². The molecule has 0 amide bonds. The Kier molecular flexibility index (Phi) is 3.51. The highest BCUT2D eigenvalue weighted by molar-refractivity contribution is 5.66. The number of hydrogen-bond acceptors (Lipinski definition) is 1. The topological polar surface area (TPSA) is 20.2 Å². The predicted octanol–water partition coefficient (Wildman–Crippen LogP) is 4.64. The Hall–Kier alpha value is -1.97. The highest BCUT2D eigenvalue weighted by Gasteiger charge is 2.31. The highest BCUT2D eigenvalue weighted by atomic mass is 19.4. The number of benzene rings is 2. The fourth-order valence-electron chi connectivity index (χ4n) is 1.87. The molecule has 0 aromatic heterocycles. The lowest BCUT2D eigenvalue weighted by Crippen LogP contribution is -2.04. The first-order valence-electron chi connectivity index (χ1n) is 5.90. The van der Waals surface area contributed by atoms with E-state index in [1.54, 1.807) is 12.1 Å². The molecular formula is C15H13F3O. The number of halogens is 3. The summed E-state index contributed by atoms with van der Waals surface area (Å²) >= 11 is 0. The molecule has 0 saturated carbocycles. The number of hydrogen-bond donors (Lipinski definition) is 1. The fourth-order valence-corrected chi connectivity index (χ4v) is 1.87. The second kappa shape index (κ2) is 4.96. The van der Waals surface area contributed by atoms with E-state index >= 15 is 0 Å². The second-order valence-corrected chi connectivity index (χ2v) is 4.32. The van der Waals surface area contributed by atoms with Gasteiger partial charge in [-0.05, 0) is 41.3 Å². The average molecular weight is 266 g/mol.